The van der Waals surface area contributed by atoms with Crippen LogP contribution in [0.25, 0.3) is 0 Å². The van der Waals surface area contributed by atoms with Crippen LogP contribution < -0.4 is 5.56 Å². The molecule has 0 atom stereocenters. The van der Waals surface area contributed by atoms with Crippen LogP contribution in [0.4, 0.5) is 0 Å². The van der Waals surface area contributed by atoms with Crippen LogP contribution >= 0.6 is 0 Å². The molecule has 0 aliphatic carbocycles. The molecule has 1 fully saturated rings. The minimum Gasteiger partial charge on any atom is -0.335 e. The van der Waals surface area contributed by atoms with E-state index in [1.54, 1.807) is 4.90 Å². The zero-order valence-electron chi connectivity index (χ0n) is 10.7. The van der Waals surface area contributed by atoms with Crippen LogP contribution in [-0.4, -0.2) is 57.9 Å². The third-order valence-corrected chi connectivity index (χ3v) is 3.24. The van der Waals surface area contributed by atoms with E-state index < -0.39 is 5.56 Å². The van der Waals surface area contributed by atoms with E-state index in [1.807, 2.05) is 0 Å². The zero-order chi connectivity index (χ0) is 13.1. The van der Waals surface area contributed by atoms with Crippen LogP contribution in [0.15, 0.2) is 17.2 Å². The smallest absolute Gasteiger partial charge is 0.279 e. The van der Waals surface area contributed by atoms with Crippen molar-refractivity contribution in [1.29, 1.82) is 0 Å². The number of nitrogens with one attached hydrogen (secondary N) is 1. The molecular formula is C12H18N4O2. The molecule has 1 N–H and O–H groups in total. The molecule has 1 aromatic heterocycles. The maximum atomic E-state index is 12.1. The lowest BCUT2D eigenvalue weighted by atomic mass is 10.2. The molecular weight excluding hydrogens is 232 g/mol. The summed E-state index contributed by atoms with van der Waals surface area (Å²) >= 11 is 0. The summed E-state index contributed by atoms with van der Waals surface area (Å²) in [4.78, 5) is 34.0. The number of H-pyrrole nitrogens is 1. The first-order chi connectivity index (χ1) is 8.59. The van der Waals surface area contributed by atoms with Gasteiger partial charge < -0.3 is 9.88 Å². The van der Waals surface area contributed by atoms with Gasteiger partial charge in [0.2, 0.25) is 0 Å². The van der Waals surface area contributed by atoms with Crippen molar-refractivity contribution in [2.75, 3.05) is 26.2 Å². The summed E-state index contributed by atoms with van der Waals surface area (Å²) < 4.78 is 0. The van der Waals surface area contributed by atoms with E-state index in [0.717, 1.165) is 13.1 Å². The standard InChI is InChI=1S/C12H18N4O2/c1-9(2)15-5-7-16(8-6-15)12(18)10-11(17)14-4-3-13-10/h3-4,9H,5-8H2,1-2H3,(H,14,17). The lowest BCUT2D eigenvalue weighted by Crippen LogP contribution is -2.51. The molecule has 1 aromatic rings. The molecule has 0 unspecified atom stereocenters. The predicted octanol–water partition coefficient (Wildman–Crippen LogP) is -0.0639. The normalized spacial score (nSPS) is 17.2. The number of aromatic nitrogens is 2. The Bertz CT molecular complexity index is 475. The Kier molecular flexibility index (Phi) is 3.76. The lowest BCUT2D eigenvalue weighted by Gasteiger charge is -2.36. The lowest BCUT2D eigenvalue weighted by molar-refractivity contribution is 0.0588. The summed E-state index contributed by atoms with van der Waals surface area (Å²) in [6.45, 7) is 7.25. The van der Waals surface area contributed by atoms with Gasteiger partial charge in [0, 0.05) is 44.6 Å². The highest BCUT2D eigenvalue weighted by Crippen LogP contribution is 2.07. The Hall–Kier alpha value is -1.69. The van der Waals surface area contributed by atoms with Crippen molar-refractivity contribution in [1.82, 2.24) is 19.8 Å². The molecule has 2 rings (SSSR count). The average Bonchev–Trinajstić information content (AvgIpc) is 2.38. The first-order valence-electron chi connectivity index (χ1n) is 6.16. The Balaban J connectivity index is 2.04. The number of carbonyl (C=O) groups excluding carboxylic acids is 1. The first kappa shape index (κ1) is 12.8. The van der Waals surface area contributed by atoms with E-state index >= 15 is 0 Å². The van der Waals surface area contributed by atoms with Gasteiger partial charge in [-0.1, -0.05) is 0 Å². The minimum absolute atomic E-state index is 0.0181. The Morgan fingerprint density at radius 3 is 2.56 bits per heavy atom. The molecule has 0 aromatic carbocycles. The summed E-state index contributed by atoms with van der Waals surface area (Å²) in [6.07, 6.45) is 2.86. The summed E-state index contributed by atoms with van der Waals surface area (Å²) in [6, 6.07) is 0.487. The van der Waals surface area contributed by atoms with Gasteiger partial charge in [0.15, 0.2) is 5.69 Å². The second kappa shape index (κ2) is 5.30. The number of aromatic amines is 1. The highest BCUT2D eigenvalue weighted by Gasteiger charge is 2.25. The molecule has 2 heterocycles. The topological polar surface area (TPSA) is 69.3 Å². The van der Waals surface area contributed by atoms with Gasteiger partial charge >= 0.3 is 0 Å². The van der Waals surface area contributed by atoms with E-state index in [9.17, 15) is 9.59 Å². The third kappa shape index (κ3) is 2.59. The fourth-order valence-electron chi connectivity index (χ4n) is 2.10. The summed E-state index contributed by atoms with van der Waals surface area (Å²) in [7, 11) is 0. The number of carbonyl (C=O) groups is 1. The average molecular weight is 250 g/mol. The molecule has 0 spiro atoms. The SMILES string of the molecule is CC(C)N1CCN(C(=O)c2ncc[nH]c2=O)CC1. The first-order valence-corrected chi connectivity index (χ1v) is 6.16. The summed E-state index contributed by atoms with van der Waals surface area (Å²) in [5.74, 6) is -0.278. The van der Waals surface area contributed by atoms with Gasteiger partial charge in [-0.2, -0.15) is 0 Å². The Morgan fingerprint density at radius 2 is 2.00 bits per heavy atom. The molecule has 98 valence electrons. The Labute approximate surface area is 106 Å². The molecule has 1 aliphatic rings. The van der Waals surface area contributed by atoms with Crippen LogP contribution in [0.2, 0.25) is 0 Å². The second-order valence-corrected chi connectivity index (χ2v) is 4.69. The van der Waals surface area contributed by atoms with Crippen LogP contribution in [-0.2, 0) is 0 Å². The van der Waals surface area contributed by atoms with Gasteiger partial charge in [0.05, 0.1) is 0 Å². The van der Waals surface area contributed by atoms with Crippen LogP contribution in [0, 0.1) is 0 Å². The number of piperazine rings is 1. The van der Waals surface area contributed by atoms with Gasteiger partial charge in [0.25, 0.3) is 11.5 Å². The van der Waals surface area contributed by atoms with Crippen LogP contribution in [0.5, 0.6) is 0 Å². The molecule has 0 radical (unpaired) electrons. The van der Waals surface area contributed by atoms with Crippen molar-refractivity contribution in [3.8, 4) is 0 Å². The van der Waals surface area contributed by atoms with Crippen molar-refractivity contribution >= 4 is 5.91 Å². The minimum atomic E-state index is -0.422. The van der Waals surface area contributed by atoms with E-state index in [1.165, 1.54) is 12.4 Å². The predicted molar refractivity (Wildman–Crippen MR) is 67.5 cm³/mol. The number of nitrogens with zero attached hydrogens (tertiary/aromatic N) is 3. The van der Waals surface area contributed by atoms with Crippen molar-refractivity contribution in [2.45, 2.75) is 19.9 Å². The van der Waals surface area contributed by atoms with Crippen molar-refractivity contribution in [3.05, 3.63) is 28.4 Å². The molecule has 0 saturated carbocycles. The van der Waals surface area contributed by atoms with Gasteiger partial charge in [-0.3, -0.25) is 14.5 Å². The fourth-order valence-corrected chi connectivity index (χ4v) is 2.10. The van der Waals surface area contributed by atoms with Gasteiger partial charge in [-0.05, 0) is 13.8 Å². The highest BCUT2D eigenvalue weighted by molar-refractivity contribution is 5.91. The van der Waals surface area contributed by atoms with E-state index in [0.29, 0.717) is 19.1 Å². The van der Waals surface area contributed by atoms with Crippen molar-refractivity contribution < 1.29 is 4.79 Å². The molecule has 1 saturated heterocycles. The zero-order valence-corrected chi connectivity index (χ0v) is 10.7. The maximum Gasteiger partial charge on any atom is 0.279 e. The maximum absolute atomic E-state index is 12.1. The molecule has 1 amide bonds. The van der Waals surface area contributed by atoms with E-state index in [2.05, 4.69) is 28.7 Å². The monoisotopic (exact) mass is 250 g/mol. The van der Waals surface area contributed by atoms with Crippen LogP contribution in [0.1, 0.15) is 24.3 Å². The summed E-state index contributed by atoms with van der Waals surface area (Å²) in [5, 5.41) is 0. The highest BCUT2D eigenvalue weighted by atomic mass is 16.2. The number of hydrogen-bond donors (Lipinski definition) is 1. The van der Waals surface area contributed by atoms with Crippen LogP contribution in [0.3, 0.4) is 0 Å². The quantitative estimate of drug-likeness (QED) is 0.798. The summed E-state index contributed by atoms with van der Waals surface area (Å²) in [5.41, 5.74) is -0.440. The molecule has 0 bridgehead atoms. The number of rotatable bonds is 2. The molecule has 6 nitrogen and oxygen atoms in total. The van der Waals surface area contributed by atoms with Crippen molar-refractivity contribution in [3.63, 3.8) is 0 Å². The molecule has 1 aliphatic heterocycles. The van der Waals surface area contributed by atoms with Crippen molar-refractivity contribution in [2.24, 2.45) is 0 Å². The second-order valence-electron chi connectivity index (χ2n) is 4.69. The fraction of sp³-hybridized carbons (Fsp3) is 0.583. The largest absolute Gasteiger partial charge is 0.335 e. The number of amides is 1. The third-order valence-electron chi connectivity index (χ3n) is 3.24. The number of hydrogen-bond acceptors (Lipinski definition) is 4. The van der Waals surface area contributed by atoms with Gasteiger partial charge in [-0.25, -0.2) is 4.98 Å². The molecule has 6 heteroatoms. The van der Waals surface area contributed by atoms with Gasteiger partial charge in [0.1, 0.15) is 0 Å². The van der Waals surface area contributed by atoms with E-state index in [4.69, 9.17) is 0 Å². The van der Waals surface area contributed by atoms with E-state index in [-0.39, 0.29) is 11.6 Å². The van der Waals surface area contributed by atoms with Gasteiger partial charge in [-0.15, -0.1) is 0 Å². The molecule has 18 heavy (non-hydrogen) atoms. The Morgan fingerprint density at radius 1 is 1.33 bits per heavy atom.